The molecule has 2 rings (SSSR count). The average molecular weight is 249 g/mol. The lowest BCUT2D eigenvalue weighted by molar-refractivity contribution is -0.137. The van der Waals surface area contributed by atoms with E-state index in [-0.39, 0.29) is 6.42 Å². The summed E-state index contributed by atoms with van der Waals surface area (Å²) in [6.07, 6.45) is 3.29. The number of aromatic hydroxyl groups is 1. The summed E-state index contributed by atoms with van der Waals surface area (Å²) >= 11 is 0. The van der Waals surface area contributed by atoms with Crippen LogP contribution in [0.1, 0.15) is 30.4 Å². The number of hydrogen-bond acceptors (Lipinski definition) is 3. The van der Waals surface area contributed by atoms with Crippen LogP contribution in [-0.2, 0) is 17.6 Å². The number of aryl methyl sites for hydroxylation is 1. The molecule has 0 atom stereocenters. The number of carboxylic acid groups (broad SMARTS) is 1. The van der Waals surface area contributed by atoms with Gasteiger partial charge in [0.05, 0.1) is 0 Å². The number of fused-ring (bicyclic) bond motifs is 1. The van der Waals surface area contributed by atoms with E-state index in [1.165, 1.54) is 0 Å². The highest BCUT2D eigenvalue weighted by atomic mass is 16.4. The topological polar surface area (TPSA) is 60.8 Å². The summed E-state index contributed by atoms with van der Waals surface area (Å²) in [5, 5.41) is 18.9. The van der Waals surface area contributed by atoms with Crippen LogP contribution in [0.2, 0.25) is 0 Å². The Labute approximate surface area is 107 Å². The van der Waals surface area contributed by atoms with Gasteiger partial charge in [0.2, 0.25) is 0 Å². The molecule has 1 aliphatic rings. The van der Waals surface area contributed by atoms with Crippen LogP contribution in [0.15, 0.2) is 12.1 Å². The van der Waals surface area contributed by atoms with Gasteiger partial charge in [0.1, 0.15) is 5.75 Å². The van der Waals surface area contributed by atoms with Gasteiger partial charge < -0.3 is 15.1 Å². The van der Waals surface area contributed by atoms with Gasteiger partial charge in [-0.25, -0.2) is 0 Å². The fourth-order valence-corrected chi connectivity index (χ4v) is 2.52. The van der Waals surface area contributed by atoms with Gasteiger partial charge in [-0.3, -0.25) is 4.79 Å². The van der Waals surface area contributed by atoms with Crippen LogP contribution in [0.25, 0.3) is 0 Å². The molecule has 2 N–H and O–H groups in total. The maximum atomic E-state index is 10.5. The molecule has 0 amide bonds. The number of phenols is 1. The van der Waals surface area contributed by atoms with Crippen molar-refractivity contribution < 1.29 is 15.0 Å². The van der Waals surface area contributed by atoms with Gasteiger partial charge >= 0.3 is 5.97 Å². The van der Waals surface area contributed by atoms with E-state index in [1.807, 2.05) is 19.2 Å². The van der Waals surface area contributed by atoms with Gasteiger partial charge in [-0.15, -0.1) is 0 Å². The molecule has 0 aliphatic carbocycles. The van der Waals surface area contributed by atoms with Gasteiger partial charge in [-0.05, 0) is 37.3 Å². The standard InChI is InChI=1S/C14H19NO3/c1-15-9-3-5-11-12(15)8-7-10(14(11)18)4-2-6-13(16)17/h7-8,18H,2-6,9H2,1H3,(H,16,17). The lowest BCUT2D eigenvalue weighted by Crippen LogP contribution is -2.24. The van der Waals surface area contributed by atoms with Gasteiger partial charge in [0, 0.05) is 31.3 Å². The van der Waals surface area contributed by atoms with Crippen LogP contribution in [0.4, 0.5) is 5.69 Å². The minimum atomic E-state index is -0.785. The van der Waals surface area contributed by atoms with E-state index in [0.29, 0.717) is 18.6 Å². The molecule has 1 aromatic rings. The Bertz CT molecular complexity index is 457. The smallest absolute Gasteiger partial charge is 0.303 e. The van der Waals surface area contributed by atoms with Gasteiger partial charge in [-0.2, -0.15) is 0 Å². The van der Waals surface area contributed by atoms with Crippen LogP contribution in [0, 0.1) is 0 Å². The first-order chi connectivity index (χ1) is 8.59. The first-order valence-corrected chi connectivity index (χ1v) is 6.36. The number of hydrogen-bond donors (Lipinski definition) is 2. The summed E-state index contributed by atoms with van der Waals surface area (Å²) in [4.78, 5) is 12.6. The van der Waals surface area contributed by atoms with Crippen molar-refractivity contribution in [3.8, 4) is 5.75 Å². The number of nitrogens with zero attached hydrogens (tertiary/aromatic N) is 1. The van der Waals surface area contributed by atoms with Crippen molar-refractivity contribution in [3.05, 3.63) is 23.3 Å². The fourth-order valence-electron chi connectivity index (χ4n) is 2.52. The summed E-state index contributed by atoms with van der Waals surface area (Å²) in [7, 11) is 2.03. The summed E-state index contributed by atoms with van der Waals surface area (Å²) in [5.41, 5.74) is 2.97. The zero-order valence-electron chi connectivity index (χ0n) is 10.6. The Balaban J connectivity index is 2.16. The average Bonchev–Trinajstić information content (AvgIpc) is 2.32. The summed E-state index contributed by atoms with van der Waals surface area (Å²) < 4.78 is 0. The predicted octanol–water partition coefficient (Wildman–Crippen LogP) is 2.18. The molecule has 0 spiro atoms. The summed E-state index contributed by atoms with van der Waals surface area (Å²) in [6.45, 7) is 1.02. The molecule has 4 nitrogen and oxygen atoms in total. The Morgan fingerprint density at radius 3 is 2.94 bits per heavy atom. The first kappa shape index (κ1) is 12.7. The Morgan fingerprint density at radius 1 is 1.44 bits per heavy atom. The maximum absolute atomic E-state index is 10.5. The molecule has 1 aliphatic heterocycles. The van der Waals surface area contributed by atoms with Gasteiger partial charge in [-0.1, -0.05) is 6.07 Å². The first-order valence-electron chi connectivity index (χ1n) is 6.36. The van der Waals surface area contributed by atoms with Crippen LogP contribution in [0.5, 0.6) is 5.75 Å². The highest BCUT2D eigenvalue weighted by Gasteiger charge is 2.18. The van der Waals surface area contributed by atoms with Crippen molar-refractivity contribution in [2.24, 2.45) is 0 Å². The lowest BCUT2D eigenvalue weighted by Gasteiger charge is -2.28. The second-order valence-electron chi connectivity index (χ2n) is 4.84. The largest absolute Gasteiger partial charge is 0.507 e. The molecule has 0 unspecified atom stereocenters. The summed E-state index contributed by atoms with van der Waals surface area (Å²) in [6, 6.07) is 3.95. The Kier molecular flexibility index (Phi) is 3.75. The number of benzene rings is 1. The SMILES string of the molecule is CN1CCCc2c1ccc(CCCC(=O)O)c2O. The van der Waals surface area contributed by atoms with Crippen molar-refractivity contribution in [1.29, 1.82) is 0 Å². The molecule has 0 bridgehead atoms. The third kappa shape index (κ3) is 2.58. The zero-order chi connectivity index (χ0) is 13.1. The van der Waals surface area contributed by atoms with Crippen molar-refractivity contribution in [1.82, 2.24) is 0 Å². The number of rotatable bonds is 4. The number of aliphatic carboxylic acids is 1. The van der Waals surface area contributed by atoms with Crippen molar-refractivity contribution in [2.75, 3.05) is 18.5 Å². The molecule has 1 heterocycles. The van der Waals surface area contributed by atoms with E-state index in [2.05, 4.69) is 4.90 Å². The van der Waals surface area contributed by atoms with E-state index >= 15 is 0 Å². The Hall–Kier alpha value is -1.71. The molecular formula is C14H19NO3. The molecule has 18 heavy (non-hydrogen) atoms. The number of carboxylic acids is 1. The number of phenolic OH excluding ortho intramolecular Hbond substituents is 1. The van der Waals surface area contributed by atoms with Crippen molar-refractivity contribution >= 4 is 11.7 Å². The normalized spacial score (nSPS) is 14.4. The number of anilines is 1. The fraction of sp³-hybridized carbons (Fsp3) is 0.500. The van der Waals surface area contributed by atoms with E-state index in [1.54, 1.807) is 0 Å². The Morgan fingerprint density at radius 2 is 2.22 bits per heavy atom. The van der Waals surface area contributed by atoms with E-state index in [4.69, 9.17) is 5.11 Å². The highest BCUT2D eigenvalue weighted by molar-refractivity contribution is 5.67. The van der Waals surface area contributed by atoms with Gasteiger partial charge in [0.15, 0.2) is 0 Å². The van der Waals surface area contributed by atoms with E-state index < -0.39 is 5.97 Å². The molecular weight excluding hydrogens is 230 g/mol. The highest BCUT2D eigenvalue weighted by Crippen LogP contribution is 2.36. The summed E-state index contributed by atoms with van der Waals surface area (Å²) in [5.74, 6) is -0.420. The number of carbonyl (C=O) groups is 1. The zero-order valence-corrected chi connectivity index (χ0v) is 10.6. The molecule has 0 saturated heterocycles. The molecule has 98 valence electrons. The third-order valence-electron chi connectivity index (χ3n) is 3.51. The molecule has 4 heteroatoms. The van der Waals surface area contributed by atoms with E-state index in [9.17, 15) is 9.90 Å². The van der Waals surface area contributed by atoms with Gasteiger partial charge in [0.25, 0.3) is 0 Å². The predicted molar refractivity (Wildman–Crippen MR) is 70.3 cm³/mol. The minimum absolute atomic E-state index is 0.149. The molecule has 0 saturated carbocycles. The second kappa shape index (κ2) is 5.29. The van der Waals surface area contributed by atoms with Crippen molar-refractivity contribution in [3.63, 3.8) is 0 Å². The molecule has 0 aromatic heterocycles. The minimum Gasteiger partial charge on any atom is -0.507 e. The van der Waals surface area contributed by atoms with Crippen LogP contribution >= 0.6 is 0 Å². The molecule has 0 fully saturated rings. The second-order valence-corrected chi connectivity index (χ2v) is 4.84. The van der Waals surface area contributed by atoms with Crippen LogP contribution < -0.4 is 4.90 Å². The van der Waals surface area contributed by atoms with Crippen LogP contribution in [0.3, 0.4) is 0 Å². The molecule has 0 radical (unpaired) electrons. The van der Waals surface area contributed by atoms with Crippen molar-refractivity contribution in [2.45, 2.75) is 32.1 Å². The molecule has 1 aromatic carbocycles. The van der Waals surface area contributed by atoms with Crippen LogP contribution in [-0.4, -0.2) is 29.8 Å². The monoisotopic (exact) mass is 249 g/mol. The van der Waals surface area contributed by atoms with E-state index in [0.717, 1.165) is 36.2 Å². The maximum Gasteiger partial charge on any atom is 0.303 e. The third-order valence-corrected chi connectivity index (χ3v) is 3.51. The lowest BCUT2D eigenvalue weighted by atomic mass is 9.96. The quantitative estimate of drug-likeness (QED) is 0.858.